The minimum atomic E-state index is -1.64. The van der Waals surface area contributed by atoms with E-state index < -0.39 is 11.6 Å². The molecule has 1 amide bonds. The second kappa shape index (κ2) is 7.99. The molecule has 0 saturated heterocycles. The Kier molecular flexibility index (Phi) is 7.44. The average molecular weight is 248 g/mol. The van der Waals surface area contributed by atoms with Gasteiger partial charge in [0.15, 0.2) is 5.60 Å². The lowest BCUT2D eigenvalue weighted by Crippen LogP contribution is -2.48. The van der Waals surface area contributed by atoms with Crippen molar-refractivity contribution < 1.29 is 24.2 Å². The number of hydrogen-bond acceptors (Lipinski definition) is 6. The second-order valence-corrected chi connectivity index (χ2v) is 3.71. The Balaban J connectivity index is 3.75. The van der Waals surface area contributed by atoms with Crippen LogP contribution in [0.15, 0.2) is 0 Å². The van der Waals surface area contributed by atoms with Crippen molar-refractivity contribution in [3.05, 3.63) is 0 Å². The van der Waals surface area contributed by atoms with Crippen LogP contribution < -0.4 is 10.6 Å². The maximum atomic E-state index is 11.2. The van der Waals surface area contributed by atoms with Gasteiger partial charge in [0.25, 0.3) is 0 Å². The lowest BCUT2D eigenvalue weighted by molar-refractivity contribution is -0.160. The van der Waals surface area contributed by atoms with Gasteiger partial charge in [-0.3, -0.25) is 4.79 Å². The Morgan fingerprint density at radius 2 is 2.00 bits per heavy atom. The maximum absolute atomic E-state index is 11.2. The van der Waals surface area contributed by atoms with Crippen LogP contribution >= 0.6 is 0 Å². The minimum absolute atomic E-state index is 0.0108. The van der Waals surface area contributed by atoms with Crippen molar-refractivity contribution in [2.75, 3.05) is 40.5 Å². The summed E-state index contributed by atoms with van der Waals surface area (Å²) in [6.07, 6.45) is 0. The van der Waals surface area contributed by atoms with Gasteiger partial charge in [0, 0.05) is 20.2 Å². The number of aliphatic hydroxyl groups is 1. The summed E-state index contributed by atoms with van der Waals surface area (Å²) in [7, 11) is 2.73. The fourth-order valence-electron chi connectivity index (χ4n) is 1.07. The van der Waals surface area contributed by atoms with E-state index in [-0.39, 0.29) is 19.0 Å². The highest BCUT2D eigenvalue weighted by atomic mass is 16.5. The summed E-state index contributed by atoms with van der Waals surface area (Å²) in [5, 5.41) is 14.9. The predicted molar refractivity (Wildman–Crippen MR) is 60.4 cm³/mol. The molecule has 0 aliphatic carbocycles. The Labute approximate surface area is 100 Å². The monoisotopic (exact) mass is 248 g/mol. The van der Waals surface area contributed by atoms with Crippen LogP contribution in [0.2, 0.25) is 0 Å². The molecular weight excluding hydrogens is 228 g/mol. The molecule has 1 unspecified atom stereocenters. The van der Waals surface area contributed by atoms with E-state index in [1.807, 2.05) is 0 Å². The van der Waals surface area contributed by atoms with Crippen LogP contribution in [0.4, 0.5) is 0 Å². The van der Waals surface area contributed by atoms with Gasteiger partial charge in [0.1, 0.15) is 0 Å². The van der Waals surface area contributed by atoms with Gasteiger partial charge in [-0.2, -0.15) is 0 Å². The van der Waals surface area contributed by atoms with E-state index in [0.717, 1.165) is 0 Å². The number of methoxy groups -OCH3 is 2. The van der Waals surface area contributed by atoms with Crippen LogP contribution in [0.3, 0.4) is 0 Å². The molecule has 0 spiro atoms. The fourth-order valence-corrected chi connectivity index (χ4v) is 1.07. The number of esters is 1. The summed E-state index contributed by atoms with van der Waals surface area (Å²) >= 11 is 0. The van der Waals surface area contributed by atoms with Crippen LogP contribution in [0.1, 0.15) is 6.92 Å². The molecule has 0 aromatic rings. The first kappa shape index (κ1) is 15.8. The van der Waals surface area contributed by atoms with Gasteiger partial charge in [-0.1, -0.05) is 0 Å². The molecule has 1 atom stereocenters. The summed E-state index contributed by atoms with van der Waals surface area (Å²) in [6, 6.07) is 0. The third-order valence-corrected chi connectivity index (χ3v) is 2.01. The van der Waals surface area contributed by atoms with Gasteiger partial charge in [0.05, 0.1) is 20.3 Å². The van der Waals surface area contributed by atoms with Crippen LogP contribution in [0.25, 0.3) is 0 Å². The summed E-state index contributed by atoms with van der Waals surface area (Å²) in [5.41, 5.74) is -1.64. The molecule has 7 nitrogen and oxygen atoms in total. The van der Waals surface area contributed by atoms with Crippen molar-refractivity contribution in [2.24, 2.45) is 0 Å². The normalized spacial score (nSPS) is 13.9. The SMILES string of the molecule is COCCNC(=O)CNCC(C)(O)C(=O)OC. The topological polar surface area (TPSA) is 96.9 Å². The maximum Gasteiger partial charge on any atom is 0.338 e. The number of hydrogen-bond donors (Lipinski definition) is 3. The Hall–Kier alpha value is -1.18. The first-order chi connectivity index (χ1) is 7.94. The third-order valence-electron chi connectivity index (χ3n) is 2.01. The van der Waals surface area contributed by atoms with Crippen LogP contribution in [0, 0.1) is 0 Å². The van der Waals surface area contributed by atoms with E-state index in [2.05, 4.69) is 15.4 Å². The first-order valence-electron chi connectivity index (χ1n) is 5.21. The number of nitrogens with one attached hydrogen (secondary N) is 2. The molecule has 17 heavy (non-hydrogen) atoms. The minimum Gasteiger partial charge on any atom is -0.467 e. The van der Waals surface area contributed by atoms with Crippen molar-refractivity contribution in [1.82, 2.24) is 10.6 Å². The van der Waals surface area contributed by atoms with Crippen LogP contribution in [-0.2, 0) is 19.1 Å². The number of ether oxygens (including phenoxy) is 2. The molecule has 0 fully saturated rings. The third kappa shape index (κ3) is 6.88. The molecular formula is C10H20N2O5. The zero-order valence-corrected chi connectivity index (χ0v) is 10.4. The molecule has 7 heteroatoms. The Bertz CT molecular complexity index is 255. The van der Waals surface area contributed by atoms with Crippen LogP contribution in [0.5, 0.6) is 0 Å². The molecule has 100 valence electrons. The van der Waals surface area contributed by atoms with Crippen molar-refractivity contribution in [3.63, 3.8) is 0 Å². The molecule has 0 aliphatic rings. The molecule has 0 heterocycles. The summed E-state index contributed by atoms with van der Waals surface area (Å²) in [5.74, 6) is -0.979. The quantitative estimate of drug-likeness (QED) is 0.348. The lowest BCUT2D eigenvalue weighted by atomic mass is 10.1. The first-order valence-corrected chi connectivity index (χ1v) is 5.21. The highest BCUT2D eigenvalue weighted by Crippen LogP contribution is 2.03. The largest absolute Gasteiger partial charge is 0.467 e. The Morgan fingerprint density at radius 3 is 2.53 bits per heavy atom. The summed E-state index contributed by atoms with van der Waals surface area (Å²) < 4.78 is 9.17. The van der Waals surface area contributed by atoms with E-state index in [0.29, 0.717) is 13.2 Å². The van der Waals surface area contributed by atoms with Gasteiger partial charge in [-0.05, 0) is 6.92 Å². The molecule has 0 aromatic carbocycles. The van der Waals surface area contributed by atoms with Gasteiger partial charge < -0.3 is 25.2 Å². The second-order valence-electron chi connectivity index (χ2n) is 3.71. The molecule has 0 rings (SSSR count). The van der Waals surface area contributed by atoms with Gasteiger partial charge in [-0.25, -0.2) is 4.79 Å². The van der Waals surface area contributed by atoms with Crippen molar-refractivity contribution in [2.45, 2.75) is 12.5 Å². The zero-order chi connectivity index (χ0) is 13.3. The standard InChI is InChI=1S/C10H20N2O5/c1-10(15,9(14)17-3)7-11-6-8(13)12-4-5-16-2/h11,15H,4-7H2,1-3H3,(H,12,13). The summed E-state index contributed by atoms with van der Waals surface area (Å²) in [4.78, 5) is 22.3. The average Bonchev–Trinajstić information content (AvgIpc) is 2.28. The van der Waals surface area contributed by atoms with Gasteiger partial charge >= 0.3 is 5.97 Å². The molecule has 0 saturated carbocycles. The molecule has 0 bridgehead atoms. The van der Waals surface area contributed by atoms with E-state index in [1.54, 1.807) is 0 Å². The van der Waals surface area contributed by atoms with E-state index in [9.17, 15) is 14.7 Å². The molecule has 3 N–H and O–H groups in total. The lowest BCUT2D eigenvalue weighted by Gasteiger charge is -2.20. The number of carbonyl (C=O) groups is 2. The molecule has 0 aliphatic heterocycles. The van der Waals surface area contributed by atoms with E-state index in [1.165, 1.54) is 21.1 Å². The number of amides is 1. The van der Waals surface area contributed by atoms with Crippen molar-refractivity contribution in [3.8, 4) is 0 Å². The van der Waals surface area contributed by atoms with Crippen molar-refractivity contribution in [1.29, 1.82) is 0 Å². The highest BCUT2D eigenvalue weighted by Gasteiger charge is 2.30. The predicted octanol–water partition coefficient (Wildman–Crippen LogP) is -1.74. The van der Waals surface area contributed by atoms with E-state index in [4.69, 9.17) is 4.74 Å². The van der Waals surface area contributed by atoms with E-state index >= 15 is 0 Å². The molecule has 0 radical (unpaired) electrons. The zero-order valence-electron chi connectivity index (χ0n) is 10.4. The Morgan fingerprint density at radius 1 is 1.35 bits per heavy atom. The smallest absolute Gasteiger partial charge is 0.338 e. The number of carbonyl (C=O) groups excluding carboxylic acids is 2. The van der Waals surface area contributed by atoms with Gasteiger partial charge in [0.2, 0.25) is 5.91 Å². The highest BCUT2D eigenvalue weighted by molar-refractivity contribution is 5.80. The number of rotatable bonds is 8. The van der Waals surface area contributed by atoms with Crippen LogP contribution in [-0.4, -0.2) is 63.0 Å². The summed E-state index contributed by atoms with van der Waals surface area (Å²) in [6.45, 7) is 2.12. The molecule has 0 aromatic heterocycles. The van der Waals surface area contributed by atoms with Crippen molar-refractivity contribution >= 4 is 11.9 Å². The van der Waals surface area contributed by atoms with Gasteiger partial charge in [-0.15, -0.1) is 0 Å². The fraction of sp³-hybridized carbons (Fsp3) is 0.800.